The summed E-state index contributed by atoms with van der Waals surface area (Å²) in [7, 11) is 2.10. The summed E-state index contributed by atoms with van der Waals surface area (Å²) in [5.74, 6) is 0. The molecule has 1 aromatic rings. The van der Waals surface area contributed by atoms with Gasteiger partial charge in [-0.1, -0.05) is 32.0 Å². The summed E-state index contributed by atoms with van der Waals surface area (Å²) < 4.78 is 0. The molecule has 0 fully saturated rings. The van der Waals surface area contributed by atoms with Gasteiger partial charge in [0.15, 0.2) is 0 Å². The van der Waals surface area contributed by atoms with E-state index in [0.29, 0.717) is 6.04 Å². The maximum Gasteiger partial charge on any atom is 0.0528 e. The third kappa shape index (κ3) is 5.14. The summed E-state index contributed by atoms with van der Waals surface area (Å²) in [5, 5.41) is 13.1. The molecule has 2 N–H and O–H groups in total. The molecule has 0 heterocycles. The van der Waals surface area contributed by atoms with Crippen LogP contribution in [0, 0.1) is 0 Å². The van der Waals surface area contributed by atoms with Gasteiger partial charge in [-0.25, -0.2) is 0 Å². The lowest BCUT2D eigenvalue weighted by molar-refractivity contribution is 0.187. The van der Waals surface area contributed by atoms with Crippen molar-refractivity contribution < 1.29 is 5.11 Å². The molecule has 0 aliphatic rings. The second kappa shape index (κ2) is 8.98. The lowest BCUT2D eigenvalue weighted by atomic mass is 10.0. The van der Waals surface area contributed by atoms with Crippen LogP contribution in [0.25, 0.3) is 0 Å². The highest BCUT2D eigenvalue weighted by atomic mass is 16.3. The minimum atomic E-state index is -0.246. The largest absolute Gasteiger partial charge is 0.393 e. The molecule has 0 bridgehead atoms. The summed E-state index contributed by atoms with van der Waals surface area (Å²) in [6.45, 7) is 8.18. The molecule has 0 radical (unpaired) electrons. The Morgan fingerprint density at radius 1 is 1.25 bits per heavy atom. The van der Waals surface area contributed by atoms with E-state index in [0.717, 1.165) is 32.4 Å². The van der Waals surface area contributed by atoms with Crippen molar-refractivity contribution in [3.8, 4) is 0 Å². The summed E-state index contributed by atoms with van der Waals surface area (Å²) in [6.07, 6.45) is 2.78. The van der Waals surface area contributed by atoms with Crippen LogP contribution in [0.3, 0.4) is 0 Å². The van der Waals surface area contributed by atoms with Gasteiger partial charge < -0.3 is 15.3 Å². The van der Waals surface area contributed by atoms with Gasteiger partial charge in [0, 0.05) is 25.3 Å². The van der Waals surface area contributed by atoms with Gasteiger partial charge in [-0.3, -0.25) is 0 Å². The number of rotatable bonds is 9. The van der Waals surface area contributed by atoms with E-state index in [4.69, 9.17) is 0 Å². The van der Waals surface area contributed by atoms with Gasteiger partial charge >= 0.3 is 0 Å². The van der Waals surface area contributed by atoms with Gasteiger partial charge in [-0.15, -0.1) is 0 Å². The zero-order valence-corrected chi connectivity index (χ0v) is 13.4. The monoisotopic (exact) mass is 278 g/mol. The number of hydrogen-bond donors (Lipinski definition) is 2. The van der Waals surface area contributed by atoms with E-state index in [1.807, 2.05) is 6.92 Å². The molecule has 1 aromatic carbocycles. The minimum absolute atomic E-state index is 0.246. The van der Waals surface area contributed by atoms with E-state index >= 15 is 0 Å². The molecule has 0 aromatic heterocycles. The number of aliphatic hydroxyl groups excluding tert-OH is 1. The number of benzene rings is 1. The van der Waals surface area contributed by atoms with Crippen molar-refractivity contribution in [2.75, 3.05) is 25.0 Å². The smallest absolute Gasteiger partial charge is 0.0528 e. The number of para-hydroxylation sites is 1. The van der Waals surface area contributed by atoms with Crippen LogP contribution >= 0.6 is 0 Å². The summed E-state index contributed by atoms with van der Waals surface area (Å²) in [5.41, 5.74) is 2.63. The van der Waals surface area contributed by atoms with E-state index in [1.54, 1.807) is 0 Å². The Morgan fingerprint density at radius 2 is 1.95 bits per heavy atom. The molecule has 1 rings (SSSR count). The first-order valence-corrected chi connectivity index (χ1v) is 7.81. The van der Waals surface area contributed by atoms with Gasteiger partial charge in [-0.05, 0) is 44.4 Å². The maximum absolute atomic E-state index is 9.45. The molecule has 0 aliphatic carbocycles. The summed E-state index contributed by atoms with van der Waals surface area (Å²) in [4.78, 5) is 2.25. The standard InChI is InChI=1S/C17H30N2O/c1-5-12-18-16(6-2)15-9-7-8-10-17(15)19(4)13-11-14(3)20/h7-10,14,16,18,20H,5-6,11-13H2,1-4H3. The third-order valence-electron chi connectivity index (χ3n) is 3.65. The fourth-order valence-electron chi connectivity index (χ4n) is 2.42. The Balaban J connectivity index is 2.85. The first-order chi connectivity index (χ1) is 9.60. The Kier molecular flexibility index (Phi) is 7.63. The average Bonchev–Trinajstić information content (AvgIpc) is 2.46. The van der Waals surface area contributed by atoms with E-state index in [9.17, 15) is 5.11 Å². The van der Waals surface area contributed by atoms with Gasteiger partial charge in [0.2, 0.25) is 0 Å². The van der Waals surface area contributed by atoms with Crippen LogP contribution in [0.1, 0.15) is 51.6 Å². The zero-order valence-electron chi connectivity index (χ0n) is 13.4. The second-order valence-electron chi connectivity index (χ2n) is 5.53. The fraction of sp³-hybridized carbons (Fsp3) is 0.647. The molecule has 0 saturated carbocycles. The van der Waals surface area contributed by atoms with Gasteiger partial charge in [0.1, 0.15) is 0 Å². The molecular formula is C17H30N2O. The molecule has 0 saturated heterocycles. The molecule has 20 heavy (non-hydrogen) atoms. The Morgan fingerprint density at radius 3 is 2.55 bits per heavy atom. The molecule has 0 spiro atoms. The minimum Gasteiger partial charge on any atom is -0.393 e. The Bertz CT molecular complexity index is 379. The first kappa shape index (κ1) is 17.0. The van der Waals surface area contributed by atoms with Crippen molar-refractivity contribution in [2.45, 2.75) is 52.2 Å². The third-order valence-corrected chi connectivity index (χ3v) is 3.65. The number of aliphatic hydroxyl groups is 1. The SMILES string of the molecule is CCCNC(CC)c1ccccc1N(C)CCC(C)O. The van der Waals surface area contributed by atoms with Crippen LogP contribution in [0.5, 0.6) is 0 Å². The van der Waals surface area contributed by atoms with E-state index in [1.165, 1.54) is 11.3 Å². The van der Waals surface area contributed by atoms with Crippen molar-refractivity contribution in [3.63, 3.8) is 0 Å². The van der Waals surface area contributed by atoms with Crippen molar-refractivity contribution in [1.82, 2.24) is 5.32 Å². The van der Waals surface area contributed by atoms with Crippen molar-refractivity contribution in [3.05, 3.63) is 29.8 Å². The van der Waals surface area contributed by atoms with Crippen LogP contribution in [0.2, 0.25) is 0 Å². The molecule has 3 nitrogen and oxygen atoms in total. The topological polar surface area (TPSA) is 35.5 Å². The van der Waals surface area contributed by atoms with Gasteiger partial charge in [0.25, 0.3) is 0 Å². The van der Waals surface area contributed by atoms with E-state index in [2.05, 4.69) is 55.4 Å². The van der Waals surface area contributed by atoms with Crippen LogP contribution in [-0.4, -0.2) is 31.3 Å². The molecule has 2 unspecified atom stereocenters. The van der Waals surface area contributed by atoms with Gasteiger partial charge in [0.05, 0.1) is 6.10 Å². The van der Waals surface area contributed by atoms with E-state index in [-0.39, 0.29) is 6.10 Å². The second-order valence-corrected chi connectivity index (χ2v) is 5.53. The van der Waals surface area contributed by atoms with Crippen molar-refractivity contribution in [2.24, 2.45) is 0 Å². The highest BCUT2D eigenvalue weighted by Gasteiger charge is 2.15. The van der Waals surface area contributed by atoms with Gasteiger partial charge in [-0.2, -0.15) is 0 Å². The predicted molar refractivity (Wildman–Crippen MR) is 87.3 cm³/mol. The number of nitrogens with zero attached hydrogens (tertiary/aromatic N) is 1. The highest BCUT2D eigenvalue weighted by molar-refractivity contribution is 5.54. The highest BCUT2D eigenvalue weighted by Crippen LogP contribution is 2.27. The van der Waals surface area contributed by atoms with Crippen molar-refractivity contribution >= 4 is 5.69 Å². The van der Waals surface area contributed by atoms with E-state index < -0.39 is 0 Å². The maximum atomic E-state index is 9.45. The average molecular weight is 278 g/mol. The number of nitrogens with one attached hydrogen (secondary N) is 1. The first-order valence-electron chi connectivity index (χ1n) is 7.81. The number of anilines is 1. The predicted octanol–water partition coefficient (Wildman–Crippen LogP) is 3.34. The number of hydrogen-bond acceptors (Lipinski definition) is 3. The zero-order chi connectivity index (χ0) is 15.0. The van der Waals surface area contributed by atoms with Crippen LogP contribution in [-0.2, 0) is 0 Å². The Hall–Kier alpha value is -1.06. The van der Waals surface area contributed by atoms with Crippen LogP contribution in [0.15, 0.2) is 24.3 Å². The normalized spacial score (nSPS) is 14.1. The fourth-order valence-corrected chi connectivity index (χ4v) is 2.42. The lowest BCUT2D eigenvalue weighted by Crippen LogP contribution is -2.27. The molecule has 0 aliphatic heterocycles. The van der Waals surface area contributed by atoms with Crippen molar-refractivity contribution in [1.29, 1.82) is 0 Å². The summed E-state index contributed by atoms with van der Waals surface area (Å²) >= 11 is 0. The van der Waals surface area contributed by atoms with Crippen LogP contribution < -0.4 is 10.2 Å². The molecule has 3 heteroatoms. The quantitative estimate of drug-likeness (QED) is 0.727. The molecule has 0 amide bonds. The molecule has 114 valence electrons. The molecule has 2 atom stereocenters. The summed E-state index contributed by atoms with van der Waals surface area (Å²) in [6, 6.07) is 8.99. The lowest BCUT2D eigenvalue weighted by Gasteiger charge is -2.27. The van der Waals surface area contributed by atoms with Crippen LogP contribution in [0.4, 0.5) is 5.69 Å². The Labute approximate surface area is 124 Å². The molecular weight excluding hydrogens is 248 g/mol.